The fraction of sp³-hybridized carbons (Fsp3) is 0.231. The summed E-state index contributed by atoms with van der Waals surface area (Å²) in [5, 5.41) is 9.10. The Labute approximate surface area is 218 Å². The van der Waals surface area contributed by atoms with Gasteiger partial charge in [0.1, 0.15) is 36.3 Å². The standard InChI is InChI=1S/C26H25BrN2O5.ClH/c1-29-23-13-20(32-2)10-11-22(23)28-25(29)16-33-21-9-5-18(6-12-26(30)31)24(14-21)34-15-17-3-7-19(27)8-4-17;/h3-5,7-11,13-14H,6,12,15-16H2,1-2H3,(H,30,31);1H. The van der Waals surface area contributed by atoms with Gasteiger partial charge in [-0.2, -0.15) is 0 Å². The molecule has 0 bridgehead atoms. The number of carboxylic acids is 1. The molecule has 3 aromatic carbocycles. The molecule has 184 valence electrons. The molecule has 0 aliphatic carbocycles. The summed E-state index contributed by atoms with van der Waals surface area (Å²) in [5.74, 6) is 1.92. The number of methoxy groups -OCH3 is 1. The highest BCUT2D eigenvalue weighted by molar-refractivity contribution is 9.10. The quantitative estimate of drug-likeness (QED) is 0.258. The van der Waals surface area contributed by atoms with E-state index in [0.717, 1.165) is 38.2 Å². The number of rotatable bonds is 10. The van der Waals surface area contributed by atoms with Crippen molar-refractivity contribution in [3.05, 3.63) is 82.1 Å². The van der Waals surface area contributed by atoms with Crippen LogP contribution in [0.3, 0.4) is 0 Å². The number of hydrogen-bond acceptors (Lipinski definition) is 5. The molecule has 4 rings (SSSR count). The predicted molar refractivity (Wildman–Crippen MR) is 140 cm³/mol. The number of nitrogens with zero attached hydrogens (tertiary/aromatic N) is 2. The van der Waals surface area contributed by atoms with Crippen LogP contribution in [-0.2, 0) is 31.5 Å². The van der Waals surface area contributed by atoms with E-state index in [1.165, 1.54) is 0 Å². The molecule has 0 aliphatic heterocycles. The third-order valence-corrected chi connectivity index (χ3v) is 6.03. The molecule has 0 radical (unpaired) electrons. The van der Waals surface area contributed by atoms with E-state index in [2.05, 4.69) is 20.9 Å². The Balaban J connectivity index is 0.00000342. The fourth-order valence-electron chi connectivity index (χ4n) is 3.57. The van der Waals surface area contributed by atoms with Crippen LogP contribution in [0.5, 0.6) is 17.2 Å². The first-order valence-corrected chi connectivity index (χ1v) is 11.6. The number of aliphatic carboxylic acids is 1. The first-order valence-electron chi connectivity index (χ1n) is 10.8. The highest BCUT2D eigenvalue weighted by atomic mass is 79.9. The maximum absolute atomic E-state index is 11.1. The first-order chi connectivity index (χ1) is 16.4. The molecule has 7 nitrogen and oxygen atoms in total. The van der Waals surface area contributed by atoms with Crippen molar-refractivity contribution in [3.8, 4) is 17.2 Å². The van der Waals surface area contributed by atoms with Gasteiger partial charge in [0, 0.05) is 30.1 Å². The molecule has 35 heavy (non-hydrogen) atoms. The largest absolute Gasteiger partial charge is 0.497 e. The number of benzene rings is 3. The van der Waals surface area contributed by atoms with Gasteiger partial charge in [-0.15, -0.1) is 12.4 Å². The molecular weight excluding hydrogens is 536 g/mol. The van der Waals surface area contributed by atoms with Crippen LogP contribution in [0.25, 0.3) is 11.0 Å². The second-order valence-corrected chi connectivity index (χ2v) is 8.72. The van der Waals surface area contributed by atoms with E-state index in [9.17, 15) is 4.79 Å². The van der Waals surface area contributed by atoms with Crippen molar-refractivity contribution in [1.82, 2.24) is 9.55 Å². The Kier molecular flexibility index (Phi) is 9.01. The van der Waals surface area contributed by atoms with Crippen LogP contribution in [0.4, 0.5) is 0 Å². The zero-order chi connectivity index (χ0) is 24.1. The van der Waals surface area contributed by atoms with Crippen LogP contribution in [0.2, 0.25) is 0 Å². The number of carboxylic acid groups (broad SMARTS) is 1. The summed E-state index contributed by atoms with van der Waals surface area (Å²) in [7, 11) is 3.58. The highest BCUT2D eigenvalue weighted by Gasteiger charge is 2.12. The van der Waals surface area contributed by atoms with Gasteiger partial charge in [0.25, 0.3) is 0 Å². The number of carbonyl (C=O) groups is 1. The summed E-state index contributed by atoms with van der Waals surface area (Å²) < 4.78 is 20.4. The lowest BCUT2D eigenvalue weighted by Crippen LogP contribution is -2.05. The van der Waals surface area contributed by atoms with E-state index in [1.807, 2.05) is 72.3 Å². The second kappa shape index (κ2) is 12.0. The highest BCUT2D eigenvalue weighted by Crippen LogP contribution is 2.28. The topological polar surface area (TPSA) is 82.8 Å². The molecule has 0 fully saturated rings. The first kappa shape index (κ1) is 26.4. The average molecular weight is 562 g/mol. The van der Waals surface area contributed by atoms with Crippen LogP contribution in [0, 0.1) is 0 Å². The monoisotopic (exact) mass is 560 g/mol. The molecule has 0 aliphatic rings. The van der Waals surface area contributed by atoms with Crippen molar-refractivity contribution in [2.45, 2.75) is 26.1 Å². The molecular formula is C26H26BrClN2O5. The van der Waals surface area contributed by atoms with Gasteiger partial charge in [-0.25, -0.2) is 4.98 Å². The minimum atomic E-state index is -0.849. The van der Waals surface area contributed by atoms with Gasteiger partial charge >= 0.3 is 5.97 Å². The second-order valence-electron chi connectivity index (χ2n) is 7.81. The van der Waals surface area contributed by atoms with Crippen molar-refractivity contribution in [2.24, 2.45) is 7.05 Å². The summed E-state index contributed by atoms with van der Waals surface area (Å²) in [6.45, 7) is 0.636. The predicted octanol–water partition coefficient (Wildman–Crippen LogP) is 5.94. The number of aryl methyl sites for hydroxylation is 2. The lowest BCUT2D eigenvalue weighted by Gasteiger charge is -2.14. The van der Waals surface area contributed by atoms with Gasteiger partial charge in [0.05, 0.1) is 18.1 Å². The number of hydrogen-bond donors (Lipinski definition) is 1. The zero-order valence-electron chi connectivity index (χ0n) is 19.4. The normalized spacial score (nSPS) is 10.6. The molecule has 1 heterocycles. The van der Waals surface area contributed by atoms with Crippen LogP contribution in [0.1, 0.15) is 23.4 Å². The van der Waals surface area contributed by atoms with E-state index in [-0.39, 0.29) is 25.4 Å². The van der Waals surface area contributed by atoms with E-state index in [4.69, 9.17) is 19.3 Å². The smallest absolute Gasteiger partial charge is 0.303 e. The molecule has 0 saturated carbocycles. The molecule has 4 aromatic rings. The minimum absolute atomic E-state index is 0. The van der Waals surface area contributed by atoms with Gasteiger partial charge in [-0.1, -0.05) is 34.1 Å². The zero-order valence-corrected chi connectivity index (χ0v) is 21.8. The average Bonchev–Trinajstić information content (AvgIpc) is 3.16. The van der Waals surface area contributed by atoms with Crippen LogP contribution in [-0.4, -0.2) is 27.7 Å². The summed E-state index contributed by atoms with van der Waals surface area (Å²) in [5.41, 5.74) is 3.65. The van der Waals surface area contributed by atoms with Crippen molar-refractivity contribution < 1.29 is 24.1 Å². The molecule has 0 unspecified atom stereocenters. The Morgan fingerprint density at radius 2 is 1.74 bits per heavy atom. The van der Waals surface area contributed by atoms with Gasteiger partial charge in [0.15, 0.2) is 0 Å². The van der Waals surface area contributed by atoms with E-state index in [1.54, 1.807) is 7.11 Å². The summed E-state index contributed by atoms with van der Waals surface area (Å²) in [4.78, 5) is 15.7. The Bertz CT molecular complexity index is 1310. The van der Waals surface area contributed by atoms with Gasteiger partial charge < -0.3 is 23.9 Å². The van der Waals surface area contributed by atoms with Crippen molar-refractivity contribution in [3.63, 3.8) is 0 Å². The van der Waals surface area contributed by atoms with Crippen molar-refractivity contribution >= 4 is 45.3 Å². The van der Waals surface area contributed by atoms with E-state index >= 15 is 0 Å². The summed E-state index contributed by atoms with van der Waals surface area (Å²) in [6, 6.07) is 19.1. The minimum Gasteiger partial charge on any atom is -0.497 e. The Morgan fingerprint density at radius 1 is 1.00 bits per heavy atom. The van der Waals surface area contributed by atoms with Gasteiger partial charge in [-0.05, 0) is 47.9 Å². The van der Waals surface area contributed by atoms with Crippen LogP contribution < -0.4 is 14.2 Å². The molecule has 9 heteroatoms. The third-order valence-electron chi connectivity index (χ3n) is 5.50. The SMILES string of the molecule is COc1ccc2nc(COc3ccc(CCC(=O)O)c(OCc4ccc(Br)cc4)c3)n(C)c2c1.Cl. The Hall–Kier alpha value is -3.23. The van der Waals surface area contributed by atoms with E-state index in [0.29, 0.717) is 24.5 Å². The molecule has 0 saturated heterocycles. The number of aromatic nitrogens is 2. The summed E-state index contributed by atoms with van der Waals surface area (Å²) >= 11 is 3.43. The van der Waals surface area contributed by atoms with E-state index < -0.39 is 5.97 Å². The number of fused-ring (bicyclic) bond motifs is 1. The molecule has 1 N–H and O–H groups in total. The third kappa shape index (κ3) is 6.68. The number of ether oxygens (including phenoxy) is 3. The maximum atomic E-state index is 11.1. The van der Waals surface area contributed by atoms with Crippen molar-refractivity contribution in [1.29, 1.82) is 0 Å². The maximum Gasteiger partial charge on any atom is 0.303 e. The molecule has 0 atom stereocenters. The number of halogens is 2. The fourth-order valence-corrected chi connectivity index (χ4v) is 3.84. The van der Waals surface area contributed by atoms with Gasteiger partial charge in [0.2, 0.25) is 0 Å². The molecule has 0 amide bonds. The lowest BCUT2D eigenvalue weighted by molar-refractivity contribution is -0.136. The number of imidazole rings is 1. The molecule has 0 spiro atoms. The van der Waals surface area contributed by atoms with Gasteiger partial charge in [-0.3, -0.25) is 4.79 Å². The van der Waals surface area contributed by atoms with Crippen molar-refractivity contribution in [2.75, 3.05) is 7.11 Å². The molecule has 1 aromatic heterocycles. The summed E-state index contributed by atoms with van der Waals surface area (Å²) in [6.07, 6.45) is 0.399. The van der Waals surface area contributed by atoms with Crippen LogP contribution >= 0.6 is 28.3 Å². The van der Waals surface area contributed by atoms with Crippen LogP contribution in [0.15, 0.2) is 65.1 Å². The Morgan fingerprint density at radius 3 is 2.46 bits per heavy atom. The lowest BCUT2D eigenvalue weighted by atomic mass is 10.1.